The number of thiophene rings is 1. The second-order valence-electron chi connectivity index (χ2n) is 6.04. The van der Waals surface area contributed by atoms with E-state index in [1.165, 1.54) is 34.6 Å². The van der Waals surface area contributed by atoms with Gasteiger partial charge in [-0.1, -0.05) is 0 Å². The lowest BCUT2D eigenvalue weighted by molar-refractivity contribution is -0.122. The molecular weight excluding hydrogens is 288 g/mol. The standard InChI is InChI=1S/C15H22N2O3S/c1-15(2,9-18)17-13(19)8-16-14(20)12-7-10-5-3-4-6-11(10)21-12/h7,18H,3-6,8-9H2,1-2H3,(H,16,20)(H,17,19). The van der Waals surface area contributed by atoms with Crippen molar-refractivity contribution in [1.82, 2.24) is 10.6 Å². The number of rotatable bonds is 5. The van der Waals surface area contributed by atoms with E-state index >= 15 is 0 Å². The van der Waals surface area contributed by atoms with Crippen molar-refractivity contribution in [2.75, 3.05) is 13.2 Å². The van der Waals surface area contributed by atoms with Crippen LogP contribution in [-0.2, 0) is 17.6 Å². The molecule has 0 fully saturated rings. The molecule has 0 aromatic carbocycles. The first-order chi connectivity index (χ1) is 9.91. The predicted molar refractivity (Wildman–Crippen MR) is 82.6 cm³/mol. The van der Waals surface area contributed by atoms with E-state index < -0.39 is 5.54 Å². The largest absolute Gasteiger partial charge is 0.394 e. The molecule has 0 bridgehead atoms. The third kappa shape index (κ3) is 4.28. The molecular formula is C15H22N2O3S. The fourth-order valence-corrected chi connectivity index (χ4v) is 3.48. The first kappa shape index (κ1) is 16.0. The Hall–Kier alpha value is -1.40. The molecule has 1 aromatic heterocycles. The number of carbonyl (C=O) groups is 2. The van der Waals surface area contributed by atoms with E-state index in [4.69, 9.17) is 5.11 Å². The number of aliphatic hydroxyl groups excluding tert-OH is 1. The Balaban J connectivity index is 1.87. The molecule has 0 aliphatic heterocycles. The second-order valence-corrected chi connectivity index (χ2v) is 7.18. The molecule has 0 atom stereocenters. The molecule has 21 heavy (non-hydrogen) atoms. The molecule has 2 rings (SSSR count). The van der Waals surface area contributed by atoms with Crippen LogP contribution < -0.4 is 10.6 Å². The van der Waals surface area contributed by atoms with Crippen molar-refractivity contribution in [3.8, 4) is 0 Å². The number of carbonyl (C=O) groups excluding carboxylic acids is 2. The maximum atomic E-state index is 12.1. The normalized spacial score (nSPS) is 14.4. The van der Waals surface area contributed by atoms with Crippen LogP contribution in [0.15, 0.2) is 6.07 Å². The number of hydrogen-bond donors (Lipinski definition) is 3. The first-order valence-electron chi connectivity index (χ1n) is 7.23. The minimum Gasteiger partial charge on any atom is -0.394 e. The second kappa shape index (κ2) is 6.58. The van der Waals surface area contributed by atoms with Crippen LogP contribution in [0.5, 0.6) is 0 Å². The summed E-state index contributed by atoms with van der Waals surface area (Å²) in [7, 11) is 0. The molecule has 0 spiro atoms. The van der Waals surface area contributed by atoms with Gasteiger partial charge in [0.1, 0.15) is 0 Å². The fraction of sp³-hybridized carbons (Fsp3) is 0.600. The van der Waals surface area contributed by atoms with Crippen molar-refractivity contribution in [3.63, 3.8) is 0 Å². The monoisotopic (exact) mass is 310 g/mol. The fourth-order valence-electron chi connectivity index (χ4n) is 2.31. The van der Waals surface area contributed by atoms with Gasteiger partial charge in [-0.2, -0.15) is 0 Å². The van der Waals surface area contributed by atoms with Crippen molar-refractivity contribution >= 4 is 23.2 Å². The highest BCUT2D eigenvalue weighted by Crippen LogP contribution is 2.29. The van der Waals surface area contributed by atoms with Gasteiger partial charge in [-0.25, -0.2) is 0 Å². The highest BCUT2D eigenvalue weighted by atomic mass is 32.1. The minimum atomic E-state index is -0.677. The zero-order valence-corrected chi connectivity index (χ0v) is 13.3. The summed E-state index contributed by atoms with van der Waals surface area (Å²) in [4.78, 5) is 25.8. The molecule has 0 saturated heterocycles. The van der Waals surface area contributed by atoms with Crippen molar-refractivity contribution in [2.45, 2.75) is 45.1 Å². The summed E-state index contributed by atoms with van der Waals surface area (Å²) in [6.07, 6.45) is 4.47. The zero-order valence-electron chi connectivity index (χ0n) is 12.5. The maximum Gasteiger partial charge on any atom is 0.261 e. The Morgan fingerprint density at radius 2 is 2.05 bits per heavy atom. The lowest BCUT2D eigenvalue weighted by Gasteiger charge is -2.23. The molecule has 0 saturated carbocycles. The van der Waals surface area contributed by atoms with Gasteiger partial charge in [-0.3, -0.25) is 9.59 Å². The number of amides is 2. The smallest absolute Gasteiger partial charge is 0.261 e. The lowest BCUT2D eigenvalue weighted by Crippen LogP contribution is -2.49. The molecule has 6 heteroatoms. The molecule has 0 radical (unpaired) electrons. The van der Waals surface area contributed by atoms with E-state index in [0.29, 0.717) is 4.88 Å². The summed E-state index contributed by atoms with van der Waals surface area (Å²) in [5, 5.41) is 14.4. The minimum absolute atomic E-state index is 0.0785. The van der Waals surface area contributed by atoms with E-state index in [2.05, 4.69) is 10.6 Å². The molecule has 2 amide bonds. The molecule has 0 unspecified atom stereocenters. The molecule has 5 nitrogen and oxygen atoms in total. The van der Waals surface area contributed by atoms with Gasteiger partial charge in [0.25, 0.3) is 5.91 Å². The quantitative estimate of drug-likeness (QED) is 0.766. The third-order valence-corrected chi connectivity index (χ3v) is 4.74. The Bertz CT molecular complexity index is 514. The summed E-state index contributed by atoms with van der Waals surface area (Å²) >= 11 is 1.53. The van der Waals surface area contributed by atoms with Gasteiger partial charge in [0.2, 0.25) is 5.91 Å². The van der Waals surface area contributed by atoms with Crippen LogP contribution in [0.1, 0.15) is 46.8 Å². The zero-order chi connectivity index (χ0) is 15.5. The molecule has 116 valence electrons. The molecule has 3 N–H and O–H groups in total. The van der Waals surface area contributed by atoms with Gasteiger partial charge in [0, 0.05) is 4.88 Å². The van der Waals surface area contributed by atoms with Gasteiger partial charge in [-0.05, 0) is 51.2 Å². The average Bonchev–Trinajstić information content (AvgIpc) is 2.88. The van der Waals surface area contributed by atoms with Crippen molar-refractivity contribution < 1.29 is 14.7 Å². The summed E-state index contributed by atoms with van der Waals surface area (Å²) < 4.78 is 0. The summed E-state index contributed by atoms with van der Waals surface area (Å²) in [6, 6.07) is 1.95. The van der Waals surface area contributed by atoms with Gasteiger partial charge >= 0.3 is 0 Å². The van der Waals surface area contributed by atoms with Crippen LogP contribution in [-0.4, -0.2) is 35.6 Å². The summed E-state index contributed by atoms with van der Waals surface area (Å²) in [6.45, 7) is 3.22. The van der Waals surface area contributed by atoms with Crippen molar-refractivity contribution in [3.05, 3.63) is 21.4 Å². The van der Waals surface area contributed by atoms with Gasteiger partial charge in [0.05, 0.1) is 23.6 Å². The molecule has 1 aliphatic rings. The Labute approximate surface area is 128 Å². The van der Waals surface area contributed by atoms with Crippen molar-refractivity contribution in [2.24, 2.45) is 0 Å². The van der Waals surface area contributed by atoms with E-state index in [9.17, 15) is 9.59 Å². The Morgan fingerprint density at radius 3 is 2.71 bits per heavy atom. The molecule has 1 aliphatic carbocycles. The summed E-state index contributed by atoms with van der Waals surface area (Å²) in [5.41, 5.74) is 0.603. The molecule has 1 aromatic rings. The van der Waals surface area contributed by atoms with Crippen LogP contribution >= 0.6 is 11.3 Å². The average molecular weight is 310 g/mol. The highest BCUT2D eigenvalue weighted by molar-refractivity contribution is 7.14. The number of aliphatic hydroxyl groups is 1. The lowest BCUT2D eigenvalue weighted by atomic mass is 9.99. The van der Waals surface area contributed by atoms with Crippen LogP contribution in [0.2, 0.25) is 0 Å². The van der Waals surface area contributed by atoms with E-state index in [0.717, 1.165) is 12.8 Å². The SMILES string of the molecule is CC(C)(CO)NC(=O)CNC(=O)c1cc2c(s1)CCCC2. The van der Waals surface area contributed by atoms with Crippen LogP contribution in [0, 0.1) is 0 Å². The number of nitrogens with one attached hydrogen (secondary N) is 2. The Morgan fingerprint density at radius 1 is 1.33 bits per heavy atom. The van der Waals surface area contributed by atoms with Crippen LogP contribution in [0.25, 0.3) is 0 Å². The topological polar surface area (TPSA) is 78.4 Å². The van der Waals surface area contributed by atoms with E-state index in [1.807, 2.05) is 6.07 Å². The predicted octanol–water partition coefficient (Wildman–Crippen LogP) is 1.24. The van der Waals surface area contributed by atoms with Crippen LogP contribution in [0.3, 0.4) is 0 Å². The maximum absolute atomic E-state index is 12.1. The van der Waals surface area contributed by atoms with E-state index in [-0.39, 0.29) is 25.0 Å². The van der Waals surface area contributed by atoms with Gasteiger partial charge in [0.15, 0.2) is 0 Å². The van der Waals surface area contributed by atoms with Gasteiger partial charge in [-0.15, -0.1) is 11.3 Å². The number of hydrogen-bond acceptors (Lipinski definition) is 4. The molecule has 1 heterocycles. The Kier molecular flexibility index (Phi) is 5.00. The van der Waals surface area contributed by atoms with E-state index in [1.54, 1.807) is 13.8 Å². The first-order valence-corrected chi connectivity index (χ1v) is 8.04. The summed E-state index contributed by atoms with van der Waals surface area (Å²) in [5.74, 6) is -0.505. The van der Waals surface area contributed by atoms with Gasteiger partial charge < -0.3 is 15.7 Å². The number of fused-ring (bicyclic) bond motifs is 1. The third-order valence-electron chi connectivity index (χ3n) is 3.50. The van der Waals surface area contributed by atoms with Crippen LogP contribution in [0.4, 0.5) is 0 Å². The number of aryl methyl sites for hydroxylation is 2. The highest BCUT2D eigenvalue weighted by Gasteiger charge is 2.20. The van der Waals surface area contributed by atoms with Crippen molar-refractivity contribution in [1.29, 1.82) is 0 Å².